The first kappa shape index (κ1) is 53.6. The highest BCUT2D eigenvalue weighted by Gasteiger charge is 2.17. The molecule has 0 aliphatic heterocycles. The highest BCUT2D eigenvalue weighted by molar-refractivity contribution is 5.70. The Bertz CT molecular complexity index is 977. The third kappa shape index (κ3) is 44.3. The minimum absolute atomic E-state index is 0.0750. The molecule has 324 valence electrons. The zero-order valence-electron chi connectivity index (χ0n) is 37.1. The summed E-state index contributed by atoms with van der Waals surface area (Å²) in [6, 6.07) is 0. The molecule has 5 nitrogen and oxygen atoms in total. The molecule has 0 aromatic heterocycles. The van der Waals surface area contributed by atoms with Crippen LogP contribution in [0.15, 0.2) is 60.8 Å². The average Bonchev–Trinajstić information content (AvgIpc) is 3.20. The van der Waals surface area contributed by atoms with Gasteiger partial charge in [0.05, 0.1) is 6.61 Å². The summed E-state index contributed by atoms with van der Waals surface area (Å²) >= 11 is 0. The smallest absolute Gasteiger partial charge is 0.306 e. The van der Waals surface area contributed by atoms with Crippen molar-refractivity contribution in [3.8, 4) is 0 Å². The third-order valence-electron chi connectivity index (χ3n) is 10.0. The van der Waals surface area contributed by atoms with Crippen molar-refractivity contribution < 1.29 is 23.8 Å². The van der Waals surface area contributed by atoms with Crippen molar-refractivity contribution in [1.82, 2.24) is 0 Å². The first-order valence-electron chi connectivity index (χ1n) is 23.8. The molecular formula is C51H90O5. The Balaban J connectivity index is 4.25. The van der Waals surface area contributed by atoms with Gasteiger partial charge in [-0.3, -0.25) is 9.59 Å². The van der Waals surface area contributed by atoms with Crippen molar-refractivity contribution >= 4 is 11.9 Å². The van der Waals surface area contributed by atoms with Gasteiger partial charge in [0.15, 0.2) is 6.10 Å². The largest absolute Gasteiger partial charge is 0.462 e. The van der Waals surface area contributed by atoms with Gasteiger partial charge in [0.1, 0.15) is 6.61 Å². The molecule has 0 amide bonds. The van der Waals surface area contributed by atoms with Crippen LogP contribution in [0.1, 0.15) is 226 Å². The van der Waals surface area contributed by atoms with Gasteiger partial charge in [0, 0.05) is 19.4 Å². The highest BCUT2D eigenvalue weighted by Crippen LogP contribution is 2.14. The Morgan fingerprint density at radius 1 is 0.411 bits per heavy atom. The molecule has 0 saturated carbocycles. The van der Waals surface area contributed by atoms with Crippen LogP contribution in [0.3, 0.4) is 0 Å². The van der Waals surface area contributed by atoms with E-state index in [9.17, 15) is 9.59 Å². The topological polar surface area (TPSA) is 61.8 Å². The number of ether oxygens (including phenoxy) is 3. The van der Waals surface area contributed by atoms with E-state index in [1.807, 2.05) is 0 Å². The lowest BCUT2D eigenvalue weighted by molar-refractivity contribution is -0.163. The molecule has 0 aromatic rings. The Morgan fingerprint density at radius 2 is 0.839 bits per heavy atom. The fourth-order valence-electron chi connectivity index (χ4n) is 6.50. The van der Waals surface area contributed by atoms with Crippen molar-refractivity contribution in [1.29, 1.82) is 0 Å². The van der Waals surface area contributed by atoms with Crippen molar-refractivity contribution in [2.24, 2.45) is 0 Å². The molecule has 0 aromatic carbocycles. The van der Waals surface area contributed by atoms with Crippen LogP contribution in [0.25, 0.3) is 0 Å². The monoisotopic (exact) mass is 783 g/mol. The molecule has 5 heteroatoms. The van der Waals surface area contributed by atoms with Crippen molar-refractivity contribution in [2.45, 2.75) is 232 Å². The molecule has 0 saturated heterocycles. The maximum absolute atomic E-state index is 12.7. The van der Waals surface area contributed by atoms with Gasteiger partial charge in [-0.25, -0.2) is 0 Å². The van der Waals surface area contributed by atoms with Gasteiger partial charge < -0.3 is 14.2 Å². The van der Waals surface area contributed by atoms with Crippen LogP contribution >= 0.6 is 0 Å². The van der Waals surface area contributed by atoms with Gasteiger partial charge in [0.25, 0.3) is 0 Å². The molecule has 0 aliphatic carbocycles. The Labute approximate surface area is 347 Å². The molecule has 0 rings (SSSR count). The summed E-state index contributed by atoms with van der Waals surface area (Å²) in [6.07, 6.45) is 57.9. The predicted octanol–water partition coefficient (Wildman–Crippen LogP) is 15.8. The van der Waals surface area contributed by atoms with E-state index in [1.165, 1.54) is 103 Å². The van der Waals surface area contributed by atoms with Crippen LogP contribution in [0.2, 0.25) is 0 Å². The maximum Gasteiger partial charge on any atom is 0.306 e. The van der Waals surface area contributed by atoms with Crippen molar-refractivity contribution in [3.05, 3.63) is 60.8 Å². The van der Waals surface area contributed by atoms with E-state index in [2.05, 4.69) is 81.5 Å². The molecule has 0 radical (unpaired) electrons. The Hall–Kier alpha value is -2.40. The van der Waals surface area contributed by atoms with Gasteiger partial charge in [0.2, 0.25) is 0 Å². The molecule has 0 spiro atoms. The van der Waals surface area contributed by atoms with Crippen molar-refractivity contribution in [2.75, 3.05) is 19.8 Å². The second kappa shape index (κ2) is 47.0. The number of carbonyl (C=O) groups is 2. The number of hydrogen-bond acceptors (Lipinski definition) is 5. The summed E-state index contributed by atoms with van der Waals surface area (Å²) in [5.74, 6) is -0.422. The first-order chi connectivity index (χ1) is 27.6. The number of hydrogen-bond donors (Lipinski definition) is 0. The number of carbonyl (C=O) groups excluding carboxylic acids is 2. The van der Waals surface area contributed by atoms with E-state index in [0.717, 1.165) is 89.9 Å². The molecule has 0 bridgehead atoms. The standard InChI is InChI=1S/C51H90O5/c1-4-7-10-13-16-19-22-24-25-26-27-29-30-32-35-38-41-44-50(52)55-48-49(47-54-46-43-40-37-34-21-18-15-12-9-6-3)56-51(53)45-42-39-36-33-31-28-23-20-17-14-11-8-5-2/h7,10-11,14,16,19-20,23-25,49H,4-6,8-9,12-13,15,17-18,21-22,26-48H2,1-3H3/b10-7-,14-11-,19-16-,23-20-,25-24-. The highest BCUT2D eigenvalue weighted by atomic mass is 16.6. The lowest BCUT2D eigenvalue weighted by Crippen LogP contribution is -2.30. The van der Waals surface area contributed by atoms with Crippen LogP contribution in [-0.4, -0.2) is 37.9 Å². The molecular weight excluding hydrogens is 693 g/mol. The quantitative estimate of drug-likeness (QED) is 0.0350. The summed E-state index contributed by atoms with van der Waals surface area (Å²) in [7, 11) is 0. The number of esters is 2. The fraction of sp³-hybridized carbons (Fsp3) is 0.765. The summed E-state index contributed by atoms with van der Waals surface area (Å²) in [6.45, 7) is 7.63. The molecule has 1 unspecified atom stereocenters. The first-order valence-corrected chi connectivity index (χ1v) is 23.8. The van der Waals surface area contributed by atoms with E-state index < -0.39 is 6.10 Å². The molecule has 0 heterocycles. The Kier molecular flexibility index (Phi) is 45.0. The van der Waals surface area contributed by atoms with Crippen LogP contribution in [0, 0.1) is 0 Å². The van der Waals surface area contributed by atoms with Gasteiger partial charge in [-0.1, -0.05) is 197 Å². The van der Waals surface area contributed by atoms with Crippen molar-refractivity contribution in [3.63, 3.8) is 0 Å². The van der Waals surface area contributed by atoms with Crippen LogP contribution in [0.5, 0.6) is 0 Å². The zero-order chi connectivity index (χ0) is 40.7. The molecule has 0 aliphatic rings. The number of allylic oxidation sites excluding steroid dienone is 10. The summed E-state index contributed by atoms with van der Waals surface area (Å²) in [4.78, 5) is 25.3. The lowest BCUT2D eigenvalue weighted by atomic mass is 10.1. The minimum Gasteiger partial charge on any atom is -0.462 e. The lowest BCUT2D eigenvalue weighted by Gasteiger charge is -2.18. The Morgan fingerprint density at radius 3 is 1.36 bits per heavy atom. The van der Waals surface area contributed by atoms with Gasteiger partial charge in [-0.15, -0.1) is 0 Å². The van der Waals surface area contributed by atoms with Gasteiger partial charge in [-0.2, -0.15) is 0 Å². The second-order valence-electron chi connectivity index (χ2n) is 15.6. The van der Waals surface area contributed by atoms with E-state index in [4.69, 9.17) is 14.2 Å². The van der Waals surface area contributed by atoms with E-state index in [1.54, 1.807) is 0 Å². The molecule has 0 N–H and O–H groups in total. The predicted molar refractivity (Wildman–Crippen MR) is 242 cm³/mol. The average molecular weight is 783 g/mol. The van der Waals surface area contributed by atoms with E-state index in [-0.39, 0.29) is 25.2 Å². The SMILES string of the molecule is CC/C=C\C/C=C\C/C=C\CCCCCCCCCC(=O)OCC(COCCCCCCCCCCCC)OC(=O)CCCCCCC/C=C\C/C=C\CCC. The maximum atomic E-state index is 12.7. The number of unbranched alkanes of at least 4 members (excludes halogenated alkanes) is 22. The summed E-state index contributed by atoms with van der Waals surface area (Å²) in [5, 5.41) is 0. The normalized spacial score (nSPS) is 12.7. The minimum atomic E-state index is -0.544. The van der Waals surface area contributed by atoms with E-state index >= 15 is 0 Å². The second-order valence-corrected chi connectivity index (χ2v) is 15.6. The third-order valence-corrected chi connectivity index (χ3v) is 10.0. The zero-order valence-corrected chi connectivity index (χ0v) is 37.1. The van der Waals surface area contributed by atoms with Crippen LogP contribution in [0.4, 0.5) is 0 Å². The van der Waals surface area contributed by atoms with Gasteiger partial charge in [-0.05, 0) is 77.0 Å². The van der Waals surface area contributed by atoms with Gasteiger partial charge >= 0.3 is 11.9 Å². The summed E-state index contributed by atoms with van der Waals surface area (Å²) in [5.41, 5.74) is 0. The molecule has 1 atom stereocenters. The molecule has 56 heavy (non-hydrogen) atoms. The summed E-state index contributed by atoms with van der Waals surface area (Å²) < 4.78 is 17.3. The van der Waals surface area contributed by atoms with Crippen LogP contribution < -0.4 is 0 Å². The van der Waals surface area contributed by atoms with E-state index in [0.29, 0.717) is 19.4 Å². The number of rotatable bonds is 43. The van der Waals surface area contributed by atoms with Crippen LogP contribution in [-0.2, 0) is 23.8 Å². The molecule has 0 fully saturated rings. The fourth-order valence-corrected chi connectivity index (χ4v) is 6.50.